The number of carboxylic acids is 1. The summed E-state index contributed by atoms with van der Waals surface area (Å²) in [5, 5.41) is 9.42. The lowest BCUT2D eigenvalue weighted by Crippen LogP contribution is -2.15. The van der Waals surface area contributed by atoms with Crippen LogP contribution < -0.4 is 0 Å². The van der Waals surface area contributed by atoms with Crippen molar-refractivity contribution in [2.24, 2.45) is 0 Å². The van der Waals surface area contributed by atoms with Gasteiger partial charge in [0.05, 0.1) is 24.3 Å². The summed E-state index contributed by atoms with van der Waals surface area (Å²) in [6.07, 6.45) is 2.39. The lowest BCUT2D eigenvalue weighted by atomic mass is 9.95. The van der Waals surface area contributed by atoms with Gasteiger partial charge in [0.2, 0.25) is 0 Å². The summed E-state index contributed by atoms with van der Waals surface area (Å²) in [5.74, 6) is -2.05. The Morgan fingerprint density at radius 1 is 1.19 bits per heavy atom. The predicted molar refractivity (Wildman–Crippen MR) is 96.8 cm³/mol. The highest BCUT2D eigenvalue weighted by Gasteiger charge is 2.26. The Morgan fingerprint density at radius 3 is 2.52 bits per heavy atom. The SMILES string of the molecule is C=C(C)C(=O)OCCCCCc1c(C(=O)O)cccc1C(=O)OCC1CO1. The monoisotopic (exact) mass is 376 g/mol. The van der Waals surface area contributed by atoms with Crippen molar-refractivity contribution in [3.8, 4) is 0 Å². The lowest BCUT2D eigenvalue weighted by molar-refractivity contribution is -0.139. The van der Waals surface area contributed by atoms with E-state index in [1.807, 2.05) is 0 Å². The molecular formula is C20H24O7. The molecule has 1 heterocycles. The highest BCUT2D eigenvalue weighted by atomic mass is 16.6. The number of aromatic carboxylic acids is 1. The standard InChI is InChI=1S/C20H24O7/c1-13(2)19(23)25-10-5-3-4-7-15-16(18(21)22)8-6-9-17(15)20(24)27-12-14-11-26-14/h6,8-9,14H,1,3-5,7,10-12H2,2H3,(H,21,22). The van der Waals surface area contributed by atoms with Gasteiger partial charge in [-0.25, -0.2) is 14.4 Å². The van der Waals surface area contributed by atoms with Crippen molar-refractivity contribution < 1.29 is 33.7 Å². The van der Waals surface area contributed by atoms with E-state index in [0.717, 1.165) is 6.42 Å². The van der Waals surface area contributed by atoms with E-state index in [9.17, 15) is 19.5 Å². The number of unbranched alkanes of at least 4 members (excludes halogenated alkanes) is 2. The number of ether oxygens (including phenoxy) is 3. The zero-order valence-electron chi connectivity index (χ0n) is 15.4. The van der Waals surface area contributed by atoms with Gasteiger partial charge in [-0.3, -0.25) is 0 Å². The van der Waals surface area contributed by atoms with E-state index in [1.165, 1.54) is 12.1 Å². The molecule has 1 aliphatic heterocycles. The molecule has 0 saturated carbocycles. The molecule has 1 aromatic rings. The van der Waals surface area contributed by atoms with Crippen LogP contribution in [0.5, 0.6) is 0 Å². The number of esters is 2. The molecule has 146 valence electrons. The topological polar surface area (TPSA) is 102 Å². The van der Waals surface area contributed by atoms with E-state index in [-0.39, 0.29) is 30.4 Å². The van der Waals surface area contributed by atoms with E-state index in [0.29, 0.717) is 37.0 Å². The average molecular weight is 376 g/mol. The van der Waals surface area contributed by atoms with Crippen molar-refractivity contribution in [1.29, 1.82) is 0 Å². The van der Waals surface area contributed by atoms with E-state index in [2.05, 4.69) is 6.58 Å². The maximum absolute atomic E-state index is 12.3. The molecule has 7 heteroatoms. The fraction of sp³-hybridized carbons (Fsp3) is 0.450. The molecule has 7 nitrogen and oxygen atoms in total. The molecule has 1 saturated heterocycles. The number of rotatable bonds is 11. The van der Waals surface area contributed by atoms with Crippen LogP contribution in [-0.4, -0.2) is 48.9 Å². The Labute approximate surface area is 157 Å². The summed E-state index contributed by atoms with van der Waals surface area (Å²) in [4.78, 5) is 35.1. The third kappa shape index (κ3) is 6.53. The van der Waals surface area contributed by atoms with Crippen molar-refractivity contribution in [2.45, 2.75) is 38.7 Å². The van der Waals surface area contributed by atoms with Gasteiger partial charge in [0.1, 0.15) is 12.7 Å². The molecule has 1 N–H and O–H groups in total. The van der Waals surface area contributed by atoms with Gasteiger partial charge in [0.15, 0.2) is 0 Å². The number of benzene rings is 1. The zero-order chi connectivity index (χ0) is 19.8. The Balaban J connectivity index is 1.92. The van der Waals surface area contributed by atoms with E-state index >= 15 is 0 Å². The number of hydrogen-bond donors (Lipinski definition) is 1. The minimum absolute atomic E-state index is 0.0537. The van der Waals surface area contributed by atoms with Crippen molar-refractivity contribution in [3.05, 3.63) is 47.0 Å². The lowest BCUT2D eigenvalue weighted by Gasteiger charge is -2.12. The summed E-state index contributed by atoms with van der Waals surface area (Å²) in [5.41, 5.74) is 1.18. The Kier molecular flexibility index (Phi) is 7.55. The van der Waals surface area contributed by atoms with Crippen LogP contribution in [0, 0.1) is 0 Å². The van der Waals surface area contributed by atoms with Crippen molar-refractivity contribution in [3.63, 3.8) is 0 Å². The van der Waals surface area contributed by atoms with Crippen LogP contribution in [0.25, 0.3) is 0 Å². The van der Waals surface area contributed by atoms with Gasteiger partial charge in [-0.05, 0) is 50.3 Å². The van der Waals surface area contributed by atoms with Crippen molar-refractivity contribution in [1.82, 2.24) is 0 Å². The molecule has 1 fully saturated rings. The van der Waals surface area contributed by atoms with E-state index in [4.69, 9.17) is 14.2 Å². The Bertz CT molecular complexity index is 719. The molecule has 1 unspecified atom stereocenters. The summed E-state index contributed by atoms with van der Waals surface area (Å²) in [6.45, 7) is 6.12. The minimum atomic E-state index is -1.08. The average Bonchev–Trinajstić information content (AvgIpc) is 3.46. The first-order valence-corrected chi connectivity index (χ1v) is 8.86. The fourth-order valence-electron chi connectivity index (χ4n) is 2.53. The molecular weight excluding hydrogens is 352 g/mol. The summed E-state index contributed by atoms with van der Waals surface area (Å²) in [7, 11) is 0. The first-order valence-electron chi connectivity index (χ1n) is 8.86. The molecule has 27 heavy (non-hydrogen) atoms. The maximum Gasteiger partial charge on any atom is 0.338 e. The molecule has 0 radical (unpaired) electrons. The number of epoxide rings is 1. The Hall–Kier alpha value is -2.67. The van der Waals surface area contributed by atoms with E-state index < -0.39 is 17.9 Å². The highest BCUT2D eigenvalue weighted by molar-refractivity contribution is 5.97. The number of carbonyl (C=O) groups excluding carboxylic acids is 2. The molecule has 0 aliphatic carbocycles. The van der Waals surface area contributed by atoms with E-state index in [1.54, 1.807) is 13.0 Å². The van der Waals surface area contributed by atoms with Crippen LogP contribution in [-0.2, 0) is 25.4 Å². The van der Waals surface area contributed by atoms with Crippen LogP contribution >= 0.6 is 0 Å². The number of carbonyl (C=O) groups is 3. The van der Waals surface area contributed by atoms with Gasteiger partial charge < -0.3 is 19.3 Å². The van der Waals surface area contributed by atoms with Crippen LogP contribution in [0.4, 0.5) is 0 Å². The molecule has 1 aliphatic rings. The number of carboxylic acid groups (broad SMARTS) is 1. The second kappa shape index (κ2) is 9.87. The molecule has 1 atom stereocenters. The van der Waals surface area contributed by atoms with Gasteiger partial charge in [0.25, 0.3) is 0 Å². The van der Waals surface area contributed by atoms with Crippen LogP contribution in [0.1, 0.15) is 52.5 Å². The zero-order valence-corrected chi connectivity index (χ0v) is 15.4. The van der Waals surface area contributed by atoms with Gasteiger partial charge in [0, 0.05) is 5.57 Å². The van der Waals surface area contributed by atoms with Gasteiger partial charge in [-0.2, -0.15) is 0 Å². The largest absolute Gasteiger partial charge is 0.478 e. The molecule has 2 rings (SSSR count). The summed E-state index contributed by atoms with van der Waals surface area (Å²) >= 11 is 0. The predicted octanol–water partition coefficient (Wildman–Crippen LogP) is 2.77. The third-order valence-electron chi connectivity index (χ3n) is 4.08. The third-order valence-corrected chi connectivity index (χ3v) is 4.08. The smallest absolute Gasteiger partial charge is 0.338 e. The molecule has 1 aromatic carbocycles. The maximum atomic E-state index is 12.3. The van der Waals surface area contributed by atoms with Crippen LogP contribution in [0.3, 0.4) is 0 Å². The van der Waals surface area contributed by atoms with Gasteiger partial charge in [-0.1, -0.05) is 12.6 Å². The second-order valence-corrected chi connectivity index (χ2v) is 6.42. The fourth-order valence-corrected chi connectivity index (χ4v) is 2.53. The quantitative estimate of drug-likeness (QED) is 0.274. The first kappa shape index (κ1) is 20.6. The first-order chi connectivity index (χ1) is 12.9. The van der Waals surface area contributed by atoms with Gasteiger partial charge >= 0.3 is 17.9 Å². The second-order valence-electron chi connectivity index (χ2n) is 6.42. The molecule has 0 spiro atoms. The van der Waals surface area contributed by atoms with Crippen molar-refractivity contribution >= 4 is 17.9 Å². The van der Waals surface area contributed by atoms with Crippen LogP contribution in [0.2, 0.25) is 0 Å². The Morgan fingerprint density at radius 2 is 1.89 bits per heavy atom. The molecule has 0 bridgehead atoms. The number of hydrogen-bond acceptors (Lipinski definition) is 6. The van der Waals surface area contributed by atoms with Crippen molar-refractivity contribution in [2.75, 3.05) is 19.8 Å². The van der Waals surface area contributed by atoms with Gasteiger partial charge in [-0.15, -0.1) is 0 Å². The van der Waals surface area contributed by atoms with Crippen LogP contribution in [0.15, 0.2) is 30.4 Å². The minimum Gasteiger partial charge on any atom is -0.478 e. The molecule has 0 aromatic heterocycles. The normalized spacial score (nSPS) is 15.1. The highest BCUT2D eigenvalue weighted by Crippen LogP contribution is 2.20. The summed E-state index contributed by atoms with van der Waals surface area (Å²) < 4.78 is 15.2. The molecule has 0 amide bonds. The summed E-state index contributed by atoms with van der Waals surface area (Å²) in [6, 6.07) is 4.59.